The van der Waals surface area contributed by atoms with E-state index < -0.39 is 5.82 Å². The Hall–Kier alpha value is -2.18. The van der Waals surface area contributed by atoms with Crippen LogP contribution in [0.5, 0.6) is 5.75 Å². The van der Waals surface area contributed by atoms with Crippen LogP contribution < -0.4 is 15.4 Å². The molecule has 1 aliphatic carbocycles. The molecule has 0 aromatic heterocycles. The fourth-order valence-electron chi connectivity index (χ4n) is 4.22. The van der Waals surface area contributed by atoms with Crippen LogP contribution in [0.15, 0.2) is 54.6 Å². The van der Waals surface area contributed by atoms with Crippen molar-refractivity contribution >= 4 is 39.8 Å². The van der Waals surface area contributed by atoms with E-state index in [1.54, 1.807) is 6.07 Å². The molecule has 1 saturated carbocycles. The molecule has 0 radical (unpaired) electrons. The first-order valence-corrected chi connectivity index (χ1v) is 12.0. The number of fused-ring (bicyclic) bond motifs is 1. The monoisotopic (exact) mass is 488 g/mol. The molecule has 4 rings (SSSR count). The molecular weight excluding hydrogens is 462 g/mol. The largest absolute Gasteiger partial charge is 0.493 e. The van der Waals surface area contributed by atoms with Crippen molar-refractivity contribution in [2.75, 3.05) is 19.7 Å². The van der Waals surface area contributed by atoms with Crippen LogP contribution in [0.2, 0.25) is 10.0 Å². The summed E-state index contributed by atoms with van der Waals surface area (Å²) >= 11 is 11.7. The third-order valence-electron chi connectivity index (χ3n) is 6.02. The first-order valence-electron chi connectivity index (χ1n) is 11.2. The lowest BCUT2D eigenvalue weighted by atomic mass is 10.0. The summed E-state index contributed by atoms with van der Waals surface area (Å²) in [6.45, 7) is 1.67. The fourth-order valence-corrected chi connectivity index (χ4v) is 4.51. The van der Waals surface area contributed by atoms with Gasteiger partial charge in [0, 0.05) is 28.7 Å². The number of benzene rings is 3. The molecule has 1 aliphatic rings. The van der Waals surface area contributed by atoms with Gasteiger partial charge in [0.15, 0.2) is 5.78 Å². The molecule has 174 valence electrons. The fraction of sp³-hybridized carbons (Fsp3) is 0.346. The Bertz CT molecular complexity index is 1120. The van der Waals surface area contributed by atoms with Gasteiger partial charge in [-0.15, -0.1) is 0 Å². The number of halogens is 3. The van der Waals surface area contributed by atoms with Gasteiger partial charge in [-0.2, -0.15) is 0 Å². The van der Waals surface area contributed by atoms with Gasteiger partial charge in [-0.05, 0) is 73.3 Å². The highest BCUT2D eigenvalue weighted by Gasteiger charge is 2.24. The zero-order chi connectivity index (χ0) is 23.2. The molecule has 0 aliphatic heterocycles. The molecule has 0 saturated heterocycles. The molecule has 1 fully saturated rings. The second-order valence-corrected chi connectivity index (χ2v) is 9.29. The molecule has 0 spiro atoms. The van der Waals surface area contributed by atoms with E-state index in [1.165, 1.54) is 12.1 Å². The van der Waals surface area contributed by atoms with E-state index in [0.29, 0.717) is 41.6 Å². The Kier molecular flexibility index (Phi) is 8.20. The molecule has 0 amide bonds. The van der Waals surface area contributed by atoms with Crippen molar-refractivity contribution < 1.29 is 13.9 Å². The van der Waals surface area contributed by atoms with E-state index in [9.17, 15) is 9.18 Å². The second-order valence-electron chi connectivity index (χ2n) is 8.45. The summed E-state index contributed by atoms with van der Waals surface area (Å²) in [6.07, 6.45) is 3.94. The molecule has 2 N–H and O–H groups in total. The van der Waals surface area contributed by atoms with Gasteiger partial charge >= 0.3 is 0 Å². The van der Waals surface area contributed by atoms with E-state index in [2.05, 4.69) is 10.6 Å². The highest BCUT2D eigenvalue weighted by Crippen LogP contribution is 2.22. The molecule has 2 unspecified atom stereocenters. The Morgan fingerprint density at radius 2 is 1.73 bits per heavy atom. The van der Waals surface area contributed by atoms with Crippen LogP contribution in [0.3, 0.4) is 0 Å². The van der Waals surface area contributed by atoms with Gasteiger partial charge in [0.05, 0.1) is 18.2 Å². The minimum atomic E-state index is -0.471. The number of carbonyl (C=O) groups is 1. The Morgan fingerprint density at radius 3 is 2.55 bits per heavy atom. The molecule has 0 bridgehead atoms. The molecule has 2 atom stereocenters. The van der Waals surface area contributed by atoms with Crippen molar-refractivity contribution in [2.24, 2.45) is 0 Å². The van der Waals surface area contributed by atoms with Gasteiger partial charge in [0.25, 0.3) is 0 Å². The highest BCUT2D eigenvalue weighted by atomic mass is 35.5. The number of ketones is 1. The lowest BCUT2D eigenvalue weighted by Gasteiger charge is -2.15. The third kappa shape index (κ3) is 6.67. The maximum absolute atomic E-state index is 13.4. The normalized spacial score (nSPS) is 18.0. The minimum absolute atomic E-state index is 0.0951. The number of Topliss-reactive ketones (excluding diaryl/α,β-unsaturated/α-hetero) is 1. The molecule has 33 heavy (non-hydrogen) atoms. The van der Waals surface area contributed by atoms with Crippen LogP contribution in [-0.2, 0) is 0 Å². The lowest BCUT2D eigenvalue weighted by molar-refractivity contribution is 0.0987. The van der Waals surface area contributed by atoms with Gasteiger partial charge in [-0.1, -0.05) is 41.4 Å². The van der Waals surface area contributed by atoms with E-state index in [0.717, 1.165) is 43.0 Å². The Labute approximate surface area is 203 Å². The topological polar surface area (TPSA) is 50.4 Å². The van der Waals surface area contributed by atoms with E-state index in [-0.39, 0.29) is 10.8 Å². The van der Waals surface area contributed by atoms with Gasteiger partial charge in [0.1, 0.15) is 11.6 Å². The molecule has 0 heterocycles. The molecule has 4 nitrogen and oxygen atoms in total. The summed E-state index contributed by atoms with van der Waals surface area (Å²) in [5.41, 5.74) is 0.713. The molecule has 7 heteroatoms. The molecule has 3 aromatic carbocycles. The second kappa shape index (κ2) is 11.3. The van der Waals surface area contributed by atoms with Gasteiger partial charge in [0.2, 0.25) is 0 Å². The quantitative estimate of drug-likeness (QED) is 0.270. The number of rotatable bonds is 10. The summed E-state index contributed by atoms with van der Waals surface area (Å²) in [5, 5.41) is 9.80. The van der Waals surface area contributed by atoms with Gasteiger partial charge in [-0.3, -0.25) is 4.79 Å². The minimum Gasteiger partial charge on any atom is -0.493 e. The number of hydrogen-bond acceptors (Lipinski definition) is 4. The van der Waals surface area contributed by atoms with Crippen LogP contribution in [0.1, 0.15) is 36.0 Å². The van der Waals surface area contributed by atoms with Crippen LogP contribution >= 0.6 is 23.2 Å². The summed E-state index contributed by atoms with van der Waals surface area (Å²) in [7, 11) is 0. The van der Waals surface area contributed by atoms with Crippen molar-refractivity contribution in [3.8, 4) is 5.75 Å². The average molecular weight is 489 g/mol. The average Bonchev–Trinajstić information content (AvgIpc) is 3.27. The predicted molar refractivity (Wildman–Crippen MR) is 132 cm³/mol. The summed E-state index contributed by atoms with van der Waals surface area (Å²) < 4.78 is 19.0. The smallest absolute Gasteiger partial charge is 0.176 e. The van der Waals surface area contributed by atoms with Crippen molar-refractivity contribution in [3.05, 3.63) is 76.0 Å². The van der Waals surface area contributed by atoms with Crippen molar-refractivity contribution in [1.82, 2.24) is 10.6 Å². The number of ether oxygens (including phenoxy) is 1. The van der Waals surface area contributed by atoms with Crippen LogP contribution in [0.4, 0.5) is 4.39 Å². The SMILES string of the molecule is O=C(CNC1CCC(NCCCOc2ccc(Cl)c(F)c2)C1)c1ccc2cc(Cl)ccc2c1. The lowest BCUT2D eigenvalue weighted by Crippen LogP contribution is -2.34. The van der Waals surface area contributed by atoms with Crippen LogP contribution in [-0.4, -0.2) is 37.6 Å². The predicted octanol–water partition coefficient (Wildman–Crippen LogP) is 6.04. The van der Waals surface area contributed by atoms with E-state index in [4.69, 9.17) is 27.9 Å². The number of nitrogens with one attached hydrogen (secondary N) is 2. The van der Waals surface area contributed by atoms with Crippen LogP contribution in [0.25, 0.3) is 10.8 Å². The van der Waals surface area contributed by atoms with Gasteiger partial charge in [-0.25, -0.2) is 4.39 Å². The Balaban J connectivity index is 1.14. The van der Waals surface area contributed by atoms with Crippen molar-refractivity contribution in [2.45, 2.75) is 37.8 Å². The number of hydrogen-bond donors (Lipinski definition) is 2. The zero-order valence-corrected chi connectivity index (χ0v) is 19.8. The number of carbonyl (C=O) groups excluding carboxylic acids is 1. The van der Waals surface area contributed by atoms with Crippen molar-refractivity contribution in [3.63, 3.8) is 0 Å². The maximum atomic E-state index is 13.4. The Morgan fingerprint density at radius 1 is 0.970 bits per heavy atom. The summed E-state index contributed by atoms with van der Waals surface area (Å²) in [5.74, 6) is 0.113. The summed E-state index contributed by atoms with van der Waals surface area (Å²) in [4.78, 5) is 12.6. The first kappa shape index (κ1) is 24.0. The molecular formula is C26H27Cl2FN2O2. The summed E-state index contributed by atoms with van der Waals surface area (Å²) in [6, 6.07) is 16.6. The highest BCUT2D eigenvalue weighted by molar-refractivity contribution is 6.31. The standard InChI is InChI=1S/C26H27Cl2FN2O2/c27-20-5-4-17-12-19(3-2-18(17)13-20)26(32)16-31-22-7-6-21(14-22)30-10-1-11-33-23-8-9-24(28)25(29)15-23/h2-5,8-9,12-13,15,21-22,30-31H,1,6-7,10-11,14,16H2. The zero-order valence-electron chi connectivity index (χ0n) is 18.3. The maximum Gasteiger partial charge on any atom is 0.176 e. The molecule has 3 aromatic rings. The van der Waals surface area contributed by atoms with Crippen LogP contribution in [0, 0.1) is 5.82 Å². The first-order chi connectivity index (χ1) is 16.0. The third-order valence-corrected chi connectivity index (χ3v) is 6.56. The van der Waals surface area contributed by atoms with E-state index in [1.807, 2.05) is 36.4 Å². The van der Waals surface area contributed by atoms with Gasteiger partial charge < -0.3 is 15.4 Å². The van der Waals surface area contributed by atoms with E-state index >= 15 is 0 Å². The van der Waals surface area contributed by atoms with Crippen molar-refractivity contribution in [1.29, 1.82) is 0 Å².